The van der Waals surface area contributed by atoms with E-state index in [1.807, 2.05) is 31.5 Å². The summed E-state index contributed by atoms with van der Waals surface area (Å²) in [6.07, 6.45) is 1.79. The van der Waals surface area contributed by atoms with E-state index in [-0.39, 0.29) is 35.1 Å². The predicted molar refractivity (Wildman–Crippen MR) is 119 cm³/mol. The Labute approximate surface area is 187 Å². The summed E-state index contributed by atoms with van der Waals surface area (Å²) < 4.78 is 51.1. The van der Waals surface area contributed by atoms with E-state index in [4.69, 9.17) is 5.10 Å². The minimum absolute atomic E-state index is 0.0666. The molecule has 176 valence electrons. The number of rotatable bonds is 6. The Balaban J connectivity index is 1.58. The molecule has 1 aliphatic carbocycles. The highest BCUT2D eigenvalue weighted by molar-refractivity contribution is 8.25. The van der Waals surface area contributed by atoms with E-state index < -0.39 is 22.7 Å². The fraction of sp³-hybridized carbons (Fsp3) is 0.545. The first kappa shape index (κ1) is 23.0. The maximum Gasteiger partial charge on any atom is 0.387 e. The third kappa shape index (κ3) is 4.62. The predicted octanol–water partition coefficient (Wildman–Crippen LogP) is 4.48. The average molecular weight is 470 g/mol. The number of benzene rings is 1. The van der Waals surface area contributed by atoms with Gasteiger partial charge in [-0.1, -0.05) is 12.1 Å². The zero-order valence-electron chi connectivity index (χ0n) is 18.3. The zero-order valence-corrected chi connectivity index (χ0v) is 19.2. The second kappa shape index (κ2) is 8.31. The van der Waals surface area contributed by atoms with Crippen molar-refractivity contribution in [2.75, 3.05) is 11.5 Å². The summed E-state index contributed by atoms with van der Waals surface area (Å²) in [5.74, 6) is 0.137. The van der Waals surface area contributed by atoms with E-state index in [0.717, 1.165) is 17.0 Å². The van der Waals surface area contributed by atoms with Crippen molar-refractivity contribution in [3.63, 3.8) is 0 Å². The van der Waals surface area contributed by atoms with E-state index >= 15 is 0 Å². The summed E-state index contributed by atoms with van der Waals surface area (Å²) in [5, 5.41) is 7.78. The fourth-order valence-corrected chi connectivity index (χ4v) is 6.89. The quantitative estimate of drug-likeness (QED) is 0.580. The number of alkyl halides is 2. The Hall–Kier alpha value is -2.17. The van der Waals surface area contributed by atoms with Gasteiger partial charge in [-0.25, -0.2) is 0 Å². The molecule has 2 heterocycles. The number of ether oxygens (including phenoxy) is 1. The molecule has 32 heavy (non-hydrogen) atoms. The Bertz CT molecular complexity index is 1020. The van der Waals surface area contributed by atoms with Crippen molar-refractivity contribution < 1.29 is 27.4 Å². The summed E-state index contributed by atoms with van der Waals surface area (Å²) >= 11 is 0. The molecule has 1 amide bonds. The molecule has 0 radical (unpaired) electrons. The lowest BCUT2D eigenvalue weighted by atomic mass is 9.84. The van der Waals surface area contributed by atoms with Gasteiger partial charge in [0.1, 0.15) is 5.75 Å². The monoisotopic (exact) mass is 469 g/mol. The highest BCUT2D eigenvalue weighted by Crippen LogP contribution is 2.54. The van der Waals surface area contributed by atoms with Crippen molar-refractivity contribution in [1.82, 2.24) is 15.1 Å². The van der Waals surface area contributed by atoms with E-state index in [9.17, 15) is 22.7 Å². The van der Waals surface area contributed by atoms with Crippen LogP contribution in [-0.2, 0) is 17.6 Å². The smallest absolute Gasteiger partial charge is 0.387 e. The van der Waals surface area contributed by atoms with Gasteiger partial charge in [0.15, 0.2) is 0 Å². The van der Waals surface area contributed by atoms with Crippen molar-refractivity contribution in [2.45, 2.75) is 58.2 Å². The van der Waals surface area contributed by atoms with Crippen LogP contribution in [0.5, 0.6) is 5.75 Å². The van der Waals surface area contributed by atoms with Crippen molar-refractivity contribution >= 4 is 16.5 Å². The Morgan fingerprint density at radius 3 is 2.69 bits per heavy atom. The van der Waals surface area contributed by atoms with Crippen molar-refractivity contribution in [2.24, 2.45) is 5.92 Å². The van der Waals surface area contributed by atoms with Crippen LogP contribution in [0.3, 0.4) is 0 Å². The van der Waals surface area contributed by atoms with Gasteiger partial charge in [-0.15, -0.1) is 0 Å². The maximum absolute atomic E-state index is 13.0. The van der Waals surface area contributed by atoms with Gasteiger partial charge in [0.25, 0.3) is 0 Å². The molecule has 1 aliphatic heterocycles. The lowest BCUT2D eigenvalue weighted by Gasteiger charge is -2.54. The minimum Gasteiger partial charge on any atom is -0.435 e. The highest BCUT2D eigenvalue weighted by atomic mass is 32.3. The lowest BCUT2D eigenvalue weighted by Crippen LogP contribution is -2.62. The van der Waals surface area contributed by atoms with Gasteiger partial charge in [-0.2, -0.15) is 24.5 Å². The van der Waals surface area contributed by atoms with E-state index in [2.05, 4.69) is 10.1 Å². The van der Waals surface area contributed by atoms with Gasteiger partial charge < -0.3 is 10.1 Å². The number of carbonyl (C=O) groups is 1. The molecule has 10 heteroatoms. The van der Waals surface area contributed by atoms with Crippen LogP contribution >= 0.6 is 10.6 Å². The van der Waals surface area contributed by atoms with Crippen LogP contribution in [0.1, 0.15) is 44.5 Å². The van der Waals surface area contributed by atoms with Crippen molar-refractivity contribution in [1.29, 1.82) is 0 Å². The molecule has 1 aromatic heterocycles. The number of halogens is 2. The molecule has 1 saturated heterocycles. The van der Waals surface area contributed by atoms with Crippen LogP contribution in [0.4, 0.5) is 8.78 Å². The number of amides is 1. The molecule has 3 N–H and O–H groups in total. The number of carbonyl (C=O) groups excluding carboxylic acids is 1. The van der Waals surface area contributed by atoms with Crippen LogP contribution in [0.25, 0.3) is 11.3 Å². The van der Waals surface area contributed by atoms with Gasteiger partial charge >= 0.3 is 6.61 Å². The molecule has 1 atom stereocenters. The van der Waals surface area contributed by atoms with E-state index in [1.54, 1.807) is 12.1 Å². The van der Waals surface area contributed by atoms with Gasteiger partial charge in [-0.05, 0) is 45.7 Å². The van der Waals surface area contributed by atoms with Crippen LogP contribution in [-0.4, -0.2) is 48.4 Å². The fourth-order valence-electron chi connectivity index (χ4n) is 4.79. The lowest BCUT2D eigenvalue weighted by molar-refractivity contribution is -0.126. The van der Waals surface area contributed by atoms with Gasteiger partial charge in [0.05, 0.1) is 22.7 Å². The van der Waals surface area contributed by atoms with Crippen LogP contribution in [0, 0.1) is 5.92 Å². The third-order valence-electron chi connectivity index (χ3n) is 6.02. The summed E-state index contributed by atoms with van der Waals surface area (Å²) in [5.41, 5.74) is 2.86. The maximum atomic E-state index is 13.0. The van der Waals surface area contributed by atoms with Crippen molar-refractivity contribution in [3.05, 3.63) is 35.5 Å². The first-order valence-electron chi connectivity index (χ1n) is 10.7. The second-order valence-corrected chi connectivity index (χ2v) is 11.5. The molecule has 2 aliphatic rings. The minimum atomic E-state index is -2.90. The van der Waals surface area contributed by atoms with E-state index in [0.29, 0.717) is 24.8 Å². The molecule has 0 spiro atoms. The first-order valence-corrected chi connectivity index (χ1v) is 12.6. The summed E-state index contributed by atoms with van der Waals surface area (Å²) in [6.45, 7) is 2.96. The second-order valence-electron chi connectivity index (χ2n) is 9.30. The number of nitrogens with one attached hydrogen (secondary N) is 1. The van der Waals surface area contributed by atoms with Crippen LogP contribution in [0.15, 0.2) is 24.3 Å². The number of aromatic nitrogens is 2. The average Bonchev–Trinajstić information content (AvgIpc) is 3.05. The molecule has 0 bridgehead atoms. The molecule has 4 rings (SSSR count). The van der Waals surface area contributed by atoms with E-state index in [1.165, 1.54) is 6.07 Å². The Kier molecular flexibility index (Phi) is 5.98. The SMILES string of the molecule is CC(C)n1nc(-c2cccc(OC(F)F)c2)c2c1CC(C(=O)NC1(C)CS(O)(O)C1)CC2. The Morgan fingerprint density at radius 1 is 1.34 bits per heavy atom. The summed E-state index contributed by atoms with van der Waals surface area (Å²) in [6, 6.07) is 6.60. The van der Waals surface area contributed by atoms with Gasteiger partial charge in [0, 0.05) is 35.2 Å². The number of fused-ring (bicyclic) bond motifs is 1. The molecule has 1 unspecified atom stereocenters. The Morgan fingerprint density at radius 2 is 2.06 bits per heavy atom. The molecule has 7 nitrogen and oxygen atoms in total. The van der Waals surface area contributed by atoms with Crippen molar-refractivity contribution in [3.8, 4) is 17.0 Å². The van der Waals surface area contributed by atoms with Crippen LogP contribution in [0.2, 0.25) is 0 Å². The molecule has 0 saturated carbocycles. The third-order valence-corrected chi connectivity index (χ3v) is 8.22. The topological polar surface area (TPSA) is 96.6 Å². The summed E-state index contributed by atoms with van der Waals surface area (Å²) in [4.78, 5) is 13.0. The molecule has 2 aromatic rings. The summed E-state index contributed by atoms with van der Waals surface area (Å²) in [7, 11) is -2.56. The molecule has 1 aromatic carbocycles. The number of nitrogens with zero attached hydrogens (tertiary/aromatic N) is 2. The van der Waals surface area contributed by atoms with Gasteiger partial charge in [0.2, 0.25) is 5.91 Å². The molecular formula is C22H29F2N3O4S. The largest absolute Gasteiger partial charge is 0.435 e. The standard InChI is InChI=1S/C22H29F2N3O4S/c1-13(2)27-18-10-15(20(28)25-22(3)11-32(29,30)12-22)7-8-17(18)19(26-27)14-5-4-6-16(9-14)31-21(23)24/h4-6,9,13,15,21,29-30H,7-8,10-12H2,1-3H3,(H,25,28). The normalized spacial score (nSPS) is 22.2. The van der Waals surface area contributed by atoms with Gasteiger partial charge in [-0.3, -0.25) is 18.6 Å². The first-order chi connectivity index (χ1) is 15.0. The molecule has 1 fully saturated rings. The number of hydrogen-bond donors (Lipinski definition) is 3. The zero-order chi connectivity index (χ0) is 23.3. The molecular weight excluding hydrogens is 440 g/mol. The highest BCUT2D eigenvalue weighted by Gasteiger charge is 2.46. The van der Waals surface area contributed by atoms with Crippen LogP contribution < -0.4 is 10.1 Å². The number of hydrogen-bond acceptors (Lipinski definition) is 5.